The maximum atomic E-state index is 13.0. The van der Waals surface area contributed by atoms with Gasteiger partial charge in [-0.1, -0.05) is 18.6 Å². The molecule has 0 spiro atoms. The average Bonchev–Trinajstić information content (AvgIpc) is 2.62. The van der Waals surface area contributed by atoms with Gasteiger partial charge in [-0.15, -0.1) is 0 Å². The molecule has 0 radical (unpaired) electrons. The van der Waals surface area contributed by atoms with Crippen molar-refractivity contribution < 1.29 is 13.2 Å². The van der Waals surface area contributed by atoms with Gasteiger partial charge in [0.2, 0.25) is 10.0 Å². The van der Waals surface area contributed by atoms with Gasteiger partial charge in [0.25, 0.3) is 5.91 Å². The second kappa shape index (κ2) is 7.23. The van der Waals surface area contributed by atoms with Gasteiger partial charge < -0.3 is 4.90 Å². The Bertz CT molecular complexity index is 696. The minimum atomic E-state index is -3.61. The number of piperidine rings is 2. The van der Waals surface area contributed by atoms with Gasteiger partial charge in [-0.25, -0.2) is 8.42 Å². The van der Waals surface area contributed by atoms with Crippen molar-refractivity contribution in [3.63, 3.8) is 0 Å². The predicted octanol–water partition coefficient (Wildman–Crippen LogP) is 2.88. The van der Waals surface area contributed by atoms with E-state index in [4.69, 9.17) is 0 Å². The maximum Gasteiger partial charge on any atom is 0.255 e. The van der Waals surface area contributed by atoms with Crippen molar-refractivity contribution in [1.82, 2.24) is 9.21 Å². The number of carbonyl (C=O) groups is 1. The first-order chi connectivity index (χ1) is 11.5. The highest BCUT2D eigenvalue weighted by Crippen LogP contribution is 2.26. The van der Waals surface area contributed by atoms with Gasteiger partial charge in [-0.2, -0.15) is 4.31 Å². The van der Waals surface area contributed by atoms with Crippen LogP contribution in [0.15, 0.2) is 29.2 Å². The molecular formula is C18H26N2O3S. The maximum absolute atomic E-state index is 13.0. The summed E-state index contributed by atoms with van der Waals surface area (Å²) in [7, 11) is -3.61. The Kier molecular flexibility index (Phi) is 5.25. The summed E-state index contributed by atoms with van der Waals surface area (Å²) in [5.41, 5.74) is 0.317. The van der Waals surface area contributed by atoms with E-state index in [9.17, 15) is 13.2 Å². The van der Waals surface area contributed by atoms with E-state index in [1.54, 1.807) is 24.3 Å². The van der Waals surface area contributed by atoms with Crippen LogP contribution in [0.3, 0.4) is 0 Å². The molecule has 0 bridgehead atoms. The Morgan fingerprint density at radius 2 is 1.67 bits per heavy atom. The number of amides is 1. The molecule has 2 heterocycles. The van der Waals surface area contributed by atoms with Crippen LogP contribution in [0.5, 0.6) is 0 Å². The van der Waals surface area contributed by atoms with Crippen LogP contribution in [0.1, 0.15) is 55.8 Å². The van der Waals surface area contributed by atoms with Crippen molar-refractivity contribution in [2.75, 3.05) is 19.6 Å². The third kappa shape index (κ3) is 3.35. The van der Waals surface area contributed by atoms with Crippen LogP contribution in [0.4, 0.5) is 0 Å². The standard InChI is InChI=1S/C18H26N2O3S/c1-15-9-5-8-14-20(15)18(21)16-10-3-4-11-17(16)24(22,23)19-12-6-2-7-13-19/h3-4,10-11,15H,2,5-9,12-14H2,1H3. The Morgan fingerprint density at radius 1 is 1.00 bits per heavy atom. The van der Waals surface area contributed by atoms with E-state index in [2.05, 4.69) is 0 Å². The van der Waals surface area contributed by atoms with Gasteiger partial charge in [0.15, 0.2) is 0 Å². The van der Waals surface area contributed by atoms with Crippen LogP contribution in [-0.4, -0.2) is 49.2 Å². The van der Waals surface area contributed by atoms with Crippen molar-refractivity contribution in [1.29, 1.82) is 0 Å². The van der Waals surface area contributed by atoms with Crippen LogP contribution in [-0.2, 0) is 10.0 Å². The molecule has 0 aromatic heterocycles. The molecule has 1 unspecified atom stereocenters. The van der Waals surface area contributed by atoms with Crippen LogP contribution < -0.4 is 0 Å². The van der Waals surface area contributed by atoms with Crippen molar-refractivity contribution >= 4 is 15.9 Å². The molecule has 6 heteroatoms. The molecule has 1 aromatic rings. The first-order valence-electron chi connectivity index (χ1n) is 8.92. The van der Waals surface area contributed by atoms with Gasteiger partial charge in [-0.3, -0.25) is 4.79 Å². The molecule has 1 amide bonds. The smallest absolute Gasteiger partial charge is 0.255 e. The van der Waals surface area contributed by atoms with Gasteiger partial charge in [0.1, 0.15) is 0 Å². The highest BCUT2D eigenvalue weighted by Gasteiger charge is 2.32. The van der Waals surface area contributed by atoms with E-state index in [0.717, 1.165) is 38.5 Å². The number of benzene rings is 1. The number of likely N-dealkylation sites (tertiary alicyclic amines) is 1. The summed E-state index contributed by atoms with van der Waals surface area (Å²) in [6.07, 6.45) is 5.93. The first kappa shape index (κ1) is 17.4. The summed E-state index contributed by atoms with van der Waals surface area (Å²) in [5, 5.41) is 0. The molecule has 2 fully saturated rings. The minimum Gasteiger partial charge on any atom is -0.336 e. The summed E-state index contributed by atoms with van der Waals surface area (Å²) < 4.78 is 27.6. The predicted molar refractivity (Wildman–Crippen MR) is 93.4 cm³/mol. The zero-order valence-corrected chi connectivity index (χ0v) is 15.1. The van der Waals surface area contributed by atoms with E-state index >= 15 is 0 Å². The fourth-order valence-corrected chi connectivity index (χ4v) is 5.37. The molecule has 1 atom stereocenters. The second-order valence-electron chi connectivity index (χ2n) is 6.80. The number of rotatable bonds is 3. The Balaban J connectivity index is 1.94. The summed E-state index contributed by atoms with van der Waals surface area (Å²) in [6, 6.07) is 6.84. The number of carbonyl (C=O) groups excluding carboxylic acids is 1. The number of hydrogen-bond donors (Lipinski definition) is 0. The van der Waals surface area contributed by atoms with Crippen LogP contribution in [0.2, 0.25) is 0 Å². The highest BCUT2D eigenvalue weighted by atomic mass is 32.2. The van der Waals surface area contributed by atoms with Gasteiger partial charge >= 0.3 is 0 Å². The molecule has 1 aromatic carbocycles. The molecule has 5 nitrogen and oxygen atoms in total. The van der Waals surface area contributed by atoms with E-state index in [0.29, 0.717) is 25.2 Å². The molecule has 2 aliphatic heterocycles. The number of nitrogens with zero attached hydrogens (tertiary/aromatic N) is 2. The molecule has 2 saturated heterocycles. The van der Waals surface area contributed by atoms with E-state index in [1.165, 1.54) is 4.31 Å². The van der Waals surface area contributed by atoms with Crippen molar-refractivity contribution in [2.45, 2.75) is 56.4 Å². The lowest BCUT2D eigenvalue weighted by Crippen LogP contribution is -2.43. The molecule has 0 aliphatic carbocycles. The van der Waals surface area contributed by atoms with Gasteiger partial charge in [0, 0.05) is 25.7 Å². The van der Waals surface area contributed by atoms with Gasteiger partial charge in [-0.05, 0) is 51.2 Å². The van der Waals surface area contributed by atoms with Crippen LogP contribution in [0, 0.1) is 0 Å². The monoisotopic (exact) mass is 350 g/mol. The largest absolute Gasteiger partial charge is 0.336 e. The fourth-order valence-electron chi connectivity index (χ4n) is 3.67. The van der Waals surface area contributed by atoms with Crippen LogP contribution >= 0.6 is 0 Å². The zero-order valence-electron chi connectivity index (χ0n) is 14.3. The first-order valence-corrected chi connectivity index (χ1v) is 10.4. The lowest BCUT2D eigenvalue weighted by Gasteiger charge is -2.34. The molecule has 132 valence electrons. The molecule has 3 rings (SSSR count). The molecule has 0 saturated carbocycles. The quantitative estimate of drug-likeness (QED) is 0.842. The average molecular weight is 350 g/mol. The van der Waals surface area contributed by atoms with Crippen LogP contribution in [0.25, 0.3) is 0 Å². The minimum absolute atomic E-state index is 0.154. The summed E-state index contributed by atoms with van der Waals surface area (Å²) in [6.45, 7) is 3.84. The fraction of sp³-hybridized carbons (Fsp3) is 0.611. The lowest BCUT2D eigenvalue weighted by molar-refractivity contribution is 0.0631. The summed E-state index contributed by atoms with van der Waals surface area (Å²) in [4.78, 5) is 15.0. The van der Waals surface area contributed by atoms with E-state index in [-0.39, 0.29) is 16.8 Å². The Morgan fingerprint density at radius 3 is 2.38 bits per heavy atom. The molecule has 24 heavy (non-hydrogen) atoms. The summed E-state index contributed by atoms with van der Waals surface area (Å²) in [5.74, 6) is -0.154. The van der Waals surface area contributed by atoms with Crippen molar-refractivity contribution in [2.24, 2.45) is 0 Å². The number of hydrogen-bond acceptors (Lipinski definition) is 3. The van der Waals surface area contributed by atoms with Crippen molar-refractivity contribution in [3.05, 3.63) is 29.8 Å². The second-order valence-corrected chi connectivity index (χ2v) is 8.71. The third-order valence-electron chi connectivity index (χ3n) is 5.11. The molecule has 2 aliphatic rings. The highest BCUT2D eigenvalue weighted by molar-refractivity contribution is 7.89. The summed E-state index contributed by atoms with van der Waals surface area (Å²) >= 11 is 0. The third-order valence-corrected chi connectivity index (χ3v) is 7.07. The molecule has 0 N–H and O–H groups in total. The van der Waals surface area contributed by atoms with Crippen molar-refractivity contribution in [3.8, 4) is 0 Å². The van der Waals surface area contributed by atoms with E-state index < -0.39 is 10.0 Å². The topological polar surface area (TPSA) is 57.7 Å². The van der Waals surface area contributed by atoms with Gasteiger partial charge in [0.05, 0.1) is 10.5 Å². The van der Waals surface area contributed by atoms with E-state index in [1.807, 2.05) is 11.8 Å². The lowest BCUT2D eigenvalue weighted by atomic mass is 10.0. The zero-order chi connectivity index (χ0) is 17.2. The Hall–Kier alpha value is -1.40. The number of sulfonamides is 1. The SMILES string of the molecule is CC1CCCCN1C(=O)c1ccccc1S(=O)(=O)N1CCCCC1. The normalized spacial score (nSPS) is 23.2. The molecular weight excluding hydrogens is 324 g/mol. The Labute approximate surface area is 144 Å².